The SMILES string of the molecule is O=S(=O)(c1ccc2c(c1)OCCCO2)N1CCN2CCCC2C1. The van der Waals surface area contributed by atoms with Crippen LogP contribution in [0.25, 0.3) is 0 Å². The second-order valence-electron chi connectivity index (χ2n) is 6.35. The molecule has 2 saturated heterocycles. The minimum absolute atomic E-state index is 0.299. The molecule has 2 fully saturated rings. The van der Waals surface area contributed by atoms with Crippen LogP contribution in [-0.4, -0.2) is 63.1 Å². The largest absolute Gasteiger partial charge is 0.490 e. The predicted octanol–water partition coefficient (Wildman–Crippen LogP) is 1.32. The quantitative estimate of drug-likeness (QED) is 0.814. The van der Waals surface area contributed by atoms with Gasteiger partial charge in [0.1, 0.15) is 0 Å². The van der Waals surface area contributed by atoms with Crippen molar-refractivity contribution in [3.8, 4) is 11.5 Å². The van der Waals surface area contributed by atoms with Crippen molar-refractivity contribution in [1.82, 2.24) is 9.21 Å². The number of rotatable bonds is 2. The lowest BCUT2D eigenvalue weighted by molar-refractivity contribution is 0.158. The molecule has 7 heteroatoms. The summed E-state index contributed by atoms with van der Waals surface area (Å²) in [6.45, 7) is 4.24. The second kappa shape index (κ2) is 5.96. The fourth-order valence-corrected chi connectivity index (χ4v) is 5.12. The summed E-state index contributed by atoms with van der Waals surface area (Å²) in [6.07, 6.45) is 3.07. The Hall–Kier alpha value is -1.31. The van der Waals surface area contributed by atoms with Gasteiger partial charge in [0, 0.05) is 38.2 Å². The number of ether oxygens (including phenoxy) is 2. The highest BCUT2D eigenvalue weighted by molar-refractivity contribution is 7.89. The van der Waals surface area contributed by atoms with Crippen molar-refractivity contribution in [3.05, 3.63) is 18.2 Å². The van der Waals surface area contributed by atoms with E-state index in [-0.39, 0.29) is 0 Å². The number of fused-ring (bicyclic) bond motifs is 2. The van der Waals surface area contributed by atoms with E-state index in [4.69, 9.17) is 9.47 Å². The van der Waals surface area contributed by atoms with E-state index >= 15 is 0 Å². The van der Waals surface area contributed by atoms with Gasteiger partial charge < -0.3 is 9.47 Å². The molecule has 1 unspecified atom stereocenters. The molecule has 1 aromatic carbocycles. The standard InChI is InChI=1S/C16H22N2O4S/c19-23(20,18-8-7-17-6-1-3-13(17)12-18)14-4-5-15-16(11-14)22-10-2-9-21-15/h4-5,11,13H,1-3,6-10,12H2. The Bertz CT molecular complexity index is 691. The number of piperazine rings is 1. The summed E-state index contributed by atoms with van der Waals surface area (Å²) < 4.78 is 38.7. The molecular formula is C16H22N2O4S. The molecule has 0 saturated carbocycles. The number of hydrogen-bond donors (Lipinski definition) is 0. The van der Waals surface area contributed by atoms with Crippen molar-refractivity contribution in [2.75, 3.05) is 39.4 Å². The fraction of sp³-hybridized carbons (Fsp3) is 0.625. The van der Waals surface area contributed by atoms with Gasteiger partial charge in [0.2, 0.25) is 10.0 Å². The van der Waals surface area contributed by atoms with E-state index in [0.717, 1.165) is 25.9 Å². The van der Waals surface area contributed by atoms with Crippen LogP contribution >= 0.6 is 0 Å². The van der Waals surface area contributed by atoms with Gasteiger partial charge in [-0.05, 0) is 31.5 Å². The maximum Gasteiger partial charge on any atom is 0.243 e. The molecule has 0 bridgehead atoms. The van der Waals surface area contributed by atoms with Gasteiger partial charge in [-0.2, -0.15) is 4.31 Å². The Kier molecular flexibility index (Phi) is 3.95. The molecule has 0 spiro atoms. The van der Waals surface area contributed by atoms with E-state index in [2.05, 4.69) is 4.90 Å². The molecular weight excluding hydrogens is 316 g/mol. The zero-order chi connectivity index (χ0) is 15.9. The third kappa shape index (κ3) is 2.81. The maximum atomic E-state index is 13.0. The lowest BCUT2D eigenvalue weighted by atomic mass is 10.2. The molecule has 0 aliphatic carbocycles. The highest BCUT2D eigenvalue weighted by Crippen LogP contribution is 2.33. The van der Waals surface area contributed by atoms with Crippen LogP contribution in [0, 0.1) is 0 Å². The van der Waals surface area contributed by atoms with E-state index in [1.165, 1.54) is 6.42 Å². The van der Waals surface area contributed by atoms with Crippen molar-refractivity contribution in [1.29, 1.82) is 0 Å². The highest BCUT2D eigenvalue weighted by atomic mass is 32.2. The van der Waals surface area contributed by atoms with Crippen molar-refractivity contribution in [2.24, 2.45) is 0 Å². The van der Waals surface area contributed by atoms with Gasteiger partial charge in [0.25, 0.3) is 0 Å². The topological polar surface area (TPSA) is 59.1 Å². The molecule has 126 valence electrons. The van der Waals surface area contributed by atoms with Crippen LogP contribution in [0.4, 0.5) is 0 Å². The fourth-order valence-electron chi connectivity index (χ4n) is 3.63. The van der Waals surface area contributed by atoms with Gasteiger partial charge >= 0.3 is 0 Å². The van der Waals surface area contributed by atoms with E-state index in [1.54, 1.807) is 22.5 Å². The van der Waals surface area contributed by atoms with Crippen molar-refractivity contribution in [2.45, 2.75) is 30.2 Å². The van der Waals surface area contributed by atoms with E-state index in [1.807, 2.05) is 0 Å². The van der Waals surface area contributed by atoms with E-state index in [9.17, 15) is 8.42 Å². The van der Waals surface area contributed by atoms with Gasteiger partial charge in [-0.1, -0.05) is 0 Å². The lowest BCUT2D eigenvalue weighted by Gasteiger charge is -2.36. The van der Waals surface area contributed by atoms with Crippen LogP contribution in [0.15, 0.2) is 23.1 Å². The Morgan fingerprint density at radius 3 is 2.70 bits per heavy atom. The molecule has 0 aromatic heterocycles. The average Bonchev–Trinajstić information content (AvgIpc) is 2.90. The zero-order valence-electron chi connectivity index (χ0n) is 13.1. The molecule has 4 rings (SSSR count). The minimum Gasteiger partial charge on any atom is -0.490 e. The summed E-state index contributed by atoms with van der Waals surface area (Å²) in [4.78, 5) is 2.70. The molecule has 3 aliphatic rings. The highest BCUT2D eigenvalue weighted by Gasteiger charge is 2.36. The molecule has 0 amide bonds. The molecule has 1 atom stereocenters. The maximum absolute atomic E-state index is 13.0. The van der Waals surface area contributed by atoms with Gasteiger partial charge in [-0.3, -0.25) is 4.90 Å². The number of sulfonamides is 1. The first-order valence-electron chi connectivity index (χ1n) is 8.28. The Morgan fingerprint density at radius 2 is 1.83 bits per heavy atom. The third-order valence-corrected chi connectivity index (χ3v) is 6.77. The van der Waals surface area contributed by atoms with Crippen LogP contribution in [0.3, 0.4) is 0 Å². The predicted molar refractivity (Wildman–Crippen MR) is 85.4 cm³/mol. The van der Waals surface area contributed by atoms with Crippen LogP contribution in [0.5, 0.6) is 11.5 Å². The minimum atomic E-state index is -3.47. The molecule has 3 aliphatic heterocycles. The number of benzene rings is 1. The third-order valence-electron chi connectivity index (χ3n) is 4.91. The van der Waals surface area contributed by atoms with Crippen LogP contribution in [0.2, 0.25) is 0 Å². The molecule has 23 heavy (non-hydrogen) atoms. The van der Waals surface area contributed by atoms with Crippen molar-refractivity contribution < 1.29 is 17.9 Å². The normalized spacial score (nSPS) is 25.8. The first-order chi connectivity index (χ1) is 11.1. The van der Waals surface area contributed by atoms with Gasteiger partial charge in [0.15, 0.2) is 11.5 Å². The van der Waals surface area contributed by atoms with E-state index < -0.39 is 10.0 Å². The van der Waals surface area contributed by atoms with Crippen LogP contribution < -0.4 is 9.47 Å². The summed E-state index contributed by atoms with van der Waals surface area (Å²) in [5.41, 5.74) is 0. The summed E-state index contributed by atoms with van der Waals surface area (Å²) in [7, 11) is -3.47. The van der Waals surface area contributed by atoms with Crippen molar-refractivity contribution >= 4 is 10.0 Å². The molecule has 1 aromatic rings. The molecule has 0 N–H and O–H groups in total. The Morgan fingerprint density at radius 1 is 1.00 bits per heavy atom. The first-order valence-corrected chi connectivity index (χ1v) is 9.72. The lowest BCUT2D eigenvalue weighted by Crippen LogP contribution is -2.51. The van der Waals surface area contributed by atoms with Gasteiger partial charge in [-0.15, -0.1) is 0 Å². The van der Waals surface area contributed by atoms with Gasteiger partial charge in [-0.25, -0.2) is 8.42 Å². The van der Waals surface area contributed by atoms with Crippen LogP contribution in [-0.2, 0) is 10.0 Å². The summed E-state index contributed by atoms with van der Waals surface area (Å²) in [6, 6.07) is 5.32. The average molecular weight is 338 g/mol. The second-order valence-corrected chi connectivity index (χ2v) is 8.29. The first kappa shape index (κ1) is 15.2. The Labute approximate surface area is 137 Å². The summed E-state index contributed by atoms with van der Waals surface area (Å²) in [5, 5.41) is 0. The zero-order valence-corrected chi connectivity index (χ0v) is 13.9. The molecule has 3 heterocycles. The molecule has 0 radical (unpaired) electrons. The Balaban J connectivity index is 1.60. The summed E-state index contributed by atoms with van der Waals surface area (Å²) >= 11 is 0. The van der Waals surface area contributed by atoms with Crippen molar-refractivity contribution in [3.63, 3.8) is 0 Å². The van der Waals surface area contributed by atoms with Gasteiger partial charge in [0.05, 0.1) is 18.1 Å². The summed E-state index contributed by atoms with van der Waals surface area (Å²) in [5.74, 6) is 1.16. The van der Waals surface area contributed by atoms with Crippen LogP contribution in [0.1, 0.15) is 19.3 Å². The van der Waals surface area contributed by atoms with E-state index in [0.29, 0.717) is 48.7 Å². The molecule has 6 nitrogen and oxygen atoms in total. The smallest absolute Gasteiger partial charge is 0.243 e. The number of hydrogen-bond acceptors (Lipinski definition) is 5. The monoisotopic (exact) mass is 338 g/mol. The number of nitrogens with zero attached hydrogens (tertiary/aromatic N) is 2.